The van der Waals surface area contributed by atoms with Crippen LogP contribution in [0, 0.1) is 6.92 Å². The highest BCUT2D eigenvalue weighted by Crippen LogP contribution is 2.29. The molecule has 0 saturated heterocycles. The predicted molar refractivity (Wildman–Crippen MR) is 118 cm³/mol. The van der Waals surface area contributed by atoms with E-state index in [2.05, 4.69) is 13.8 Å². The third kappa shape index (κ3) is 9.81. The molecule has 168 valence electrons. The lowest BCUT2D eigenvalue weighted by molar-refractivity contribution is 0.0288. The first-order valence-corrected chi connectivity index (χ1v) is 11.0. The van der Waals surface area contributed by atoms with Gasteiger partial charge < -0.3 is 29.7 Å². The number of hydrogen-bond acceptors (Lipinski definition) is 6. The van der Waals surface area contributed by atoms with Crippen LogP contribution in [0.5, 0.6) is 5.75 Å². The van der Waals surface area contributed by atoms with E-state index in [1.807, 2.05) is 30.9 Å². The quantitative estimate of drug-likeness (QED) is 0.362. The number of phenolic OH excluding ortho intramolecular Hbond substituents is 1. The predicted octanol–water partition coefficient (Wildman–Crippen LogP) is 3.42. The van der Waals surface area contributed by atoms with Gasteiger partial charge in [-0.15, -0.1) is 0 Å². The van der Waals surface area contributed by atoms with Crippen LogP contribution in [0.2, 0.25) is 0 Å². The van der Waals surface area contributed by atoms with Crippen molar-refractivity contribution >= 4 is 5.69 Å². The van der Waals surface area contributed by atoms with Gasteiger partial charge in [-0.1, -0.05) is 33.6 Å². The molecule has 0 aliphatic carbocycles. The molecule has 29 heavy (non-hydrogen) atoms. The third-order valence-corrected chi connectivity index (χ3v) is 4.88. The van der Waals surface area contributed by atoms with E-state index in [1.54, 1.807) is 0 Å². The third-order valence-electron chi connectivity index (χ3n) is 4.88. The Hall–Kier alpha value is -1.34. The van der Waals surface area contributed by atoms with Crippen molar-refractivity contribution in [2.75, 3.05) is 44.4 Å². The van der Waals surface area contributed by atoms with Crippen molar-refractivity contribution in [2.45, 2.75) is 72.0 Å². The Morgan fingerprint density at radius 3 is 1.86 bits per heavy atom. The lowest BCUT2D eigenvalue weighted by Crippen LogP contribution is -2.41. The van der Waals surface area contributed by atoms with Crippen molar-refractivity contribution in [3.63, 3.8) is 0 Å². The molecule has 0 amide bonds. The number of nitrogens with zero attached hydrogens (tertiary/aromatic N) is 1. The molecule has 0 fully saturated rings. The molecule has 6 heteroatoms. The molecule has 0 radical (unpaired) electrons. The van der Waals surface area contributed by atoms with Gasteiger partial charge in [0.15, 0.2) is 0 Å². The van der Waals surface area contributed by atoms with Crippen LogP contribution < -0.4 is 4.90 Å². The zero-order valence-corrected chi connectivity index (χ0v) is 18.7. The van der Waals surface area contributed by atoms with E-state index in [9.17, 15) is 15.3 Å². The van der Waals surface area contributed by atoms with Crippen LogP contribution in [0.15, 0.2) is 12.1 Å². The minimum Gasteiger partial charge on any atom is -0.507 e. The van der Waals surface area contributed by atoms with Gasteiger partial charge in [-0.25, -0.2) is 0 Å². The zero-order chi connectivity index (χ0) is 21.6. The Morgan fingerprint density at radius 2 is 1.41 bits per heavy atom. The maximum atomic E-state index is 10.5. The molecule has 0 saturated carbocycles. The van der Waals surface area contributed by atoms with Crippen LogP contribution in [-0.2, 0) is 15.9 Å². The molecule has 0 bridgehead atoms. The second-order valence-electron chi connectivity index (χ2n) is 7.69. The summed E-state index contributed by atoms with van der Waals surface area (Å²) in [6.45, 7) is 10.5. The number of phenols is 1. The summed E-state index contributed by atoms with van der Waals surface area (Å²) < 4.78 is 11.1. The number of aromatic hydroxyl groups is 1. The van der Waals surface area contributed by atoms with E-state index in [4.69, 9.17) is 9.47 Å². The molecule has 2 unspecified atom stereocenters. The molecule has 1 aromatic carbocycles. The minimum atomic E-state index is -0.667. The minimum absolute atomic E-state index is 0.261. The fourth-order valence-corrected chi connectivity index (χ4v) is 3.12. The van der Waals surface area contributed by atoms with Gasteiger partial charge in [0, 0.05) is 32.0 Å². The lowest BCUT2D eigenvalue weighted by Gasteiger charge is -2.30. The first kappa shape index (κ1) is 25.7. The van der Waals surface area contributed by atoms with Gasteiger partial charge >= 0.3 is 0 Å². The molecule has 1 rings (SSSR count). The summed E-state index contributed by atoms with van der Waals surface area (Å²) in [5, 5.41) is 31.2. The molecule has 3 N–H and O–H groups in total. The topological polar surface area (TPSA) is 82.4 Å². The van der Waals surface area contributed by atoms with E-state index >= 15 is 0 Å². The van der Waals surface area contributed by atoms with E-state index in [1.165, 1.54) is 0 Å². The average molecular weight is 412 g/mol. The number of benzene rings is 1. The molecule has 1 aromatic rings. The van der Waals surface area contributed by atoms with Gasteiger partial charge in [0.2, 0.25) is 0 Å². The second kappa shape index (κ2) is 14.6. The summed E-state index contributed by atoms with van der Waals surface area (Å²) in [5.74, 6) is 0.308. The van der Waals surface area contributed by atoms with Gasteiger partial charge in [0.05, 0.1) is 25.4 Å². The van der Waals surface area contributed by atoms with Gasteiger partial charge in [0.25, 0.3) is 0 Å². The number of unbranched alkanes of at least 4 members (excludes halogenated alkanes) is 2. The Labute approximate surface area is 176 Å². The molecular formula is C23H41NO5. The van der Waals surface area contributed by atoms with E-state index in [0.29, 0.717) is 38.5 Å². The van der Waals surface area contributed by atoms with Crippen molar-refractivity contribution in [1.29, 1.82) is 0 Å². The number of aliphatic hydroxyl groups is 2. The molecule has 0 heterocycles. The first-order chi connectivity index (χ1) is 13.9. The number of aliphatic hydroxyl groups excluding tert-OH is 2. The summed E-state index contributed by atoms with van der Waals surface area (Å²) in [6, 6.07) is 3.82. The Morgan fingerprint density at radius 1 is 0.897 bits per heavy atom. The smallest absolute Gasteiger partial charge is 0.121 e. The van der Waals surface area contributed by atoms with E-state index < -0.39 is 12.2 Å². The first-order valence-electron chi connectivity index (χ1n) is 11.0. The maximum Gasteiger partial charge on any atom is 0.121 e. The van der Waals surface area contributed by atoms with Crippen molar-refractivity contribution < 1.29 is 24.8 Å². The van der Waals surface area contributed by atoms with Crippen LogP contribution >= 0.6 is 0 Å². The second-order valence-corrected chi connectivity index (χ2v) is 7.69. The van der Waals surface area contributed by atoms with Gasteiger partial charge in [-0.3, -0.25) is 0 Å². The van der Waals surface area contributed by atoms with Crippen LogP contribution in [0.4, 0.5) is 5.69 Å². The molecule has 6 nitrogen and oxygen atoms in total. The highest BCUT2D eigenvalue weighted by molar-refractivity contribution is 5.57. The highest BCUT2D eigenvalue weighted by atomic mass is 16.5. The van der Waals surface area contributed by atoms with Crippen LogP contribution in [-0.4, -0.2) is 67.0 Å². The molecule has 0 aliphatic rings. The fourth-order valence-electron chi connectivity index (χ4n) is 3.12. The number of anilines is 1. The summed E-state index contributed by atoms with van der Waals surface area (Å²) in [7, 11) is 0. The van der Waals surface area contributed by atoms with E-state index in [0.717, 1.165) is 42.5 Å². The highest BCUT2D eigenvalue weighted by Gasteiger charge is 2.19. The SMILES string of the molecule is CCCCOCC(O)CN(CC(O)COCCCC)c1cc(C)c(O)c(CC)c1. The molecular weight excluding hydrogens is 370 g/mol. The number of aryl methyl sites for hydroxylation is 2. The molecule has 0 spiro atoms. The largest absolute Gasteiger partial charge is 0.507 e. The van der Waals surface area contributed by atoms with Crippen molar-refractivity contribution in [3.8, 4) is 5.75 Å². The number of hydrogen-bond donors (Lipinski definition) is 3. The normalized spacial score (nSPS) is 13.4. The summed E-state index contributed by atoms with van der Waals surface area (Å²) >= 11 is 0. The zero-order valence-electron chi connectivity index (χ0n) is 18.7. The number of rotatable bonds is 16. The maximum absolute atomic E-state index is 10.5. The van der Waals surface area contributed by atoms with Crippen LogP contribution in [0.25, 0.3) is 0 Å². The lowest BCUT2D eigenvalue weighted by atomic mass is 10.0. The monoisotopic (exact) mass is 411 g/mol. The van der Waals surface area contributed by atoms with Gasteiger partial charge in [0.1, 0.15) is 5.75 Å². The Bertz CT molecular complexity index is 546. The molecule has 0 aliphatic heterocycles. The van der Waals surface area contributed by atoms with Crippen LogP contribution in [0.3, 0.4) is 0 Å². The standard InChI is InChI=1S/C23H41NO5/c1-5-8-10-28-16-21(25)14-24(15-22(26)17-29-11-9-6-2)20-12-18(4)23(27)19(7-3)13-20/h12-13,21-22,25-27H,5-11,14-17H2,1-4H3. The molecule has 0 aromatic heterocycles. The van der Waals surface area contributed by atoms with E-state index in [-0.39, 0.29) is 13.2 Å². The van der Waals surface area contributed by atoms with Crippen molar-refractivity contribution in [2.24, 2.45) is 0 Å². The van der Waals surface area contributed by atoms with Crippen molar-refractivity contribution in [1.82, 2.24) is 0 Å². The van der Waals surface area contributed by atoms with Gasteiger partial charge in [-0.2, -0.15) is 0 Å². The Kier molecular flexibility index (Phi) is 12.9. The average Bonchev–Trinajstić information content (AvgIpc) is 2.70. The number of ether oxygens (including phenoxy) is 2. The van der Waals surface area contributed by atoms with Gasteiger partial charge in [-0.05, 0) is 49.4 Å². The summed E-state index contributed by atoms with van der Waals surface area (Å²) in [4.78, 5) is 1.95. The van der Waals surface area contributed by atoms with Crippen molar-refractivity contribution in [3.05, 3.63) is 23.3 Å². The Balaban J connectivity index is 2.83. The molecule has 2 atom stereocenters. The fraction of sp³-hybridized carbons (Fsp3) is 0.739. The summed E-state index contributed by atoms with van der Waals surface area (Å²) in [6.07, 6.45) is 3.43. The summed E-state index contributed by atoms with van der Waals surface area (Å²) in [5.41, 5.74) is 2.51. The van der Waals surface area contributed by atoms with Crippen LogP contribution in [0.1, 0.15) is 57.6 Å².